The van der Waals surface area contributed by atoms with Crippen molar-refractivity contribution in [2.24, 2.45) is 0 Å². The average molecular weight is 250 g/mol. The van der Waals surface area contributed by atoms with Crippen molar-refractivity contribution in [3.8, 4) is 0 Å². The van der Waals surface area contributed by atoms with E-state index in [1.807, 2.05) is 13.8 Å². The number of anilines is 2. The number of hydrogen-bond donors (Lipinski definition) is 3. The van der Waals surface area contributed by atoms with Crippen molar-refractivity contribution in [2.75, 3.05) is 17.7 Å². The third-order valence-electron chi connectivity index (χ3n) is 3.79. The minimum Gasteiger partial charge on any atom is -0.394 e. The van der Waals surface area contributed by atoms with E-state index in [2.05, 4.69) is 15.3 Å². The van der Waals surface area contributed by atoms with Crippen molar-refractivity contribution in [3.63, 3.8) is 0 Å². The predicted molar refractivity (Wildman–Crippen MR) is 72.4 cm³/mol. The second-order valence-electron chi connectivity index (χ2n) is 5.25. The van der Waals surface area contributed by atoms with E-state index < -0.39 is 0 Å². The molecule has 0 aromatic carbocycles. The van der Waals surface area contributed by atoms with E-state index in [0.717, 1.165) is 37.1 Å². The standard InChI is InChI=1S/C13H22N4O/c1-9-11(14)15-10(2)16-12(9)17-13(8-18)6-4-3-5-7-13/h18H,3-8H2,1-2H3,(H3,14,15,16,17). The van der Waals surface area contributed by atoms with Crippen LogP contribution in [-0.2, 0) is 0 Å². The molecule has 100 valence electrons. The molecule has 5 nitrogen and oxygen atoms in total. The Morgan fingerprint density at radius 1 is 1.22 bits per heavy atom. The summed E-state index contributed by atoms with van der Waals surface area (Å²) in [5.74, 6) is 1.93. The van der Waals surface area contributed by atoms with Gasteiger partial charge < -0.3 is 16.2 Å². The highest BCUT2D eigenvalue weighted by Gasteiger charge is 2.32. The fraction of sp³-hybridized carbons (Fsp3) is 0.692. The predicted octanol–water partition coefficient (Wildman–Crippen LogP) is 1.78. The molecule has 0 radical (unpaired) electrons. The molecule has 5 heteroatoms. The molecule has 0 amide bonds. The van der Waals surface area contributed by atoms with E-state index in [-0.39, 0.29) is 12.1 Å². The summed E-state index contributed by atoms with van der Waals surface area (Å²) in [5.41, 5.74) is 6.48. The molecule has 0 spiro atoms. The van der Waals surface area contributed by atoms with E-state index in [1.165, 1.54) is 6.42 Å². The summed E-state index contributed by atoms with van der Waals surface area (Å²) in [7, 11) is 0. The summed E-state index contributed by atoms with van der Waals surface area (Å²) < 4.78 is 0. The number of hydrogen-bond acceptors (Lipinski definition) is 5. The molecule has 1 aliphatic carbocycles. The zero-order chi connectivity index (χ0) is 13.2. The van der Waals surface area contributed by atoms with Crippen LogP contribution in [0, 0.1) is 13.8 Å². The van der Waals surface area contributed by atoms with Crippen LogP contribution in [0.15, 0.2) is 0 Å². The SMILES string of the molecule is Cc1nc(N)c(C)c(NC2(CO)CCCCC2)n1. The number of aromatic nitrogens is 2. The Kier molecular flexibility index (Phi) is 3.71. The quantitative estimate of drug-likeness (QED) is 0.761. The molecule has 2 rings (SSSR count). The molecule has 0 atom stereocenters. The number of nitrogens with one attached hydrogen (secondary N) is 1. The van der Waals surface area contributed by atoms with Crippen molar-refractivity contribution < 1.29 is 5.11 Å². The van der Waals surface area contributed by atoms with Crippen molar-refractivity contribution in [2.45, 2.75) is 51.5 Å². The first-order valence-corrected chi connectivity index (χ1v) is 6.56. The monoisotopic (exact) mass is 250 g/mol. The Morgan fingerprint density at radius 3 is 2.50 bits per heavy atom. The first-order valence-electron chi connectivity index (χ1n) is 6.56. The summed E-state index contributed by atoms with van der Waals surface area (Å²) in [6.45, 7) is 3.87. The Bertz CT molecular complexity index is 427. The zero-order valence-electron chi connectivity index (χ0n) is 11.2. The van der Waals surface area contributed by atoms with Crippen LogP contribution < -0.4 is 11.1 Å². The van der Waals surface area contributed by atoms with Crippen LogP contribution in [0.4, 0.5) is 11.6 Å². The molecule has 0 unspecified atom stereocenters. The van der Waals surface area contributed by atoms with Crippen molar-refractivity contribution in [1.82, 2.24) is 9.97 Å². The van der Waals surface area contributed by atoms with Gasteiger partial charge in [0.15, 0.2) is 0 Å². The van der Waals surface area contributed by atoms with Gasteiger partial charge >= 0.3 is 0 Å². The summed E-state index contributed by atoms with van der Waals surface area (Å²) in [6, 6.07) is 0. The maximum Gasteiger partial charge on any atom is 0.135 e. The zero-order valence-corrected chi connectivity index (χ0v) is 11.2. The summed E-state index contributed by atoms with van der Waals surface area (Å²) >= 11 is 0. The maximum atomic E-state index is 9.70. The highest BCUT2D eigenvalue weighted by atomic mass is 16.3. The van der Waals surface area contributed by atoms with Crippen LogP contribution in [0.5, 0.6) is 0 Å². The second-order valence-corrected chi connectivity index (χ2v) is 5.25. The summed E-state index contributed by atoms with van der Waals surface area (Å²) in [4.78, 5) is 8.55. The van der Waals surface area contributed by atoms with Gasteiger partial charge in [0.25, 0.3) is 0 Å². The van der Waals surface area contributed by atoms with Gasteiger partial charge in [-0.1, -0.05) is 19.3 Å². The number of aliphatic hydroxyl groups is 1. The highest BCUT2D eigenvalue weighted by molar-refractivity contribution is 5.56. The third-order valence-corrected chi connectivity index (χ3v) is 3.79. The lowest BCUT2D eigenvalue weighted by Crippen LogP contribution is -2.44. The van der Waals surface area contributed by atoms with Crippen molar-refractivity contribution in [1.29, 1.82) is 0 Å². The number of nitrogen functional groups attached to an aromatic ring is 1. The van der Waals surface area contributed by atoms with Crippen LogP contribution in [0.2, 0.25) is 0 Å². The van der Waals surface area contributed by atoms with Gasteiger partial charge in [0.1, 0.15) is 17.5 Å². The molecule has 0 bridgehead atoms. The van der Waals surface area contributed by atoms with Gasteiger partial charge in [-0.15, -0.1) is 0 Å². The molecule has 0 saturated heterocycles. The van der Waals surface area contributed by atoms with Crippen LogP contribution in [-0.4, -0.2) is 27.2 Å². The van der Waals surface area contributed by atoms with E-state index in [9.17, 15) is 5.11 Å². The molecule has 1 fully saturated rings. The van der Waals surface area contributed by atoms with Gasteiger partial charge in [0.05, 0.1) is 12.1 Å². The van der Waals surface area contributed by atoms with Gasteiger partial charge in [-0.2, -0.15) is 0 Å². The number of rotatable bonds is 3. The van der Waals surface area contributed by atoms with Crippen LogP contribution >= 0.6 is 0 Å². The van der Waals surface area contributed by atoms with Gasteiger partial charge in [-0.05, 0) is 26.7 Å². The molecule has 1 heterocycles. The summed E-state index contributed by atoms with van der Waals surface area (Å²) in [6.07, 6.45) is 5.49. The smallest absolute Gasteiger partial charge is 0.135 e. The fourth-order valence-electron chi connectivity index (χ4n) is 2.57. The molecule has 4 N–H and O–H groups in total. The lowest BCUT2D eigenvalue weighted by Gasteiger charge is -2.37. The second kappa shape index (κ2) is 5.10. The third kappa shape index (κ3) is 2.56. The largest absolute Gasteiger partial charge is 0.394 e. The number of aryl methyl sites for hydroxylation is 1. The Hall–Kier alpha value is -1.36. The minimum atomic E-state index is -0.240. The number of nitrogens with two attached hydrogens (primary N) is 1. The first-order chi connectivity index (χ1) is 8.56. The molecular formula is C13H22N4O. The molecule has 1 aromatic heterocycles. The van der Waals surface area contributed by atoms with Gasteiger partial charge in [-0.25, -0.2) is 9.97 Å². The van der Waals surface area contributed by atoms with Gasteiger partial charge in [0.2, 0.25) is 0 Å². The lowest BCUT2D eigenvalue weighted by atomic mass is 9.82. The number of aliphatic hydroxyl groups excluding tert-OH is 1. The van der Waals surface area contributed by atoms with Gasteiger partial charge in [-0.3, -0.25) is 0 Å². The minimum absolute atomic E-state index is 0.134. The average Bonchev–Trinajstić information content (AvgIpc) is 2.36. The van der Waals surface area contributed by atoms with Crippen LogP contribution in [0.3, 0.4) is 0 Å². The fourth-order valence-corrected chi connectivity index (χ4v) is 2.57. The van der Waals surface area contributed by atoms with Gasteiger partial charge in [0, 0.05) is 5.56 Å². The van der Waals surface area contributed by atoms with Crippen molar-refractivity contribution in [3.05, 3.63) is 11.4 Å². The van der Waals surface area contributed by atoms with E-state index in [1.54, 1.807) is 0 Å². The Balaban J connectivity index is 2.26. The Labute approximate surface area is 108 Å². The summed E-state index contributed by atoms with van der Waals surface area (Å²) in [5, 5.41) is 13.1. The normalized spacial score (nSPS) is 18.6. The molecule has 1 aliphatic rings. The van der Waals surface area contributed by atoms with Crippen LogP contribution in [0.1, 0.15) is 43.5 Å². The van der Waals surface area contributed by atoms with Crippen molar-refractivity contribution >= 4 is 11.6 Å². The highest BCUT2D eigenvalue weighted by Crippen LogP contribution is 2.32. The lowest BCUT2D eigenvalue weighted by molar-refractivity contribution is 0.172. The van der Waals surface area contributed by atoms with Crippen LogP contribution in [0.25, 0.3) is 0 Å². The molecule has 1 aromatic rings. The van der Waals surface area contributed by atoms with E-state index in [4.69, 9.17) is 5.73 Å². The van der Waals surface area contributed by atoms with E-state index >= 15 is 0 Å². The maximum absolute atomic E-state index is 9.70. The van der Waals surface area contributed by atoms with E-state index in [0.29, 0.717) is 11.6 Å². The number of nitrogens with zero attached hydrogens (tertiary/aromatic N) is 2. The first kappa shape index (κ1) is 13.1. The molecular weight excluding hydrogens is 228 g/mol. The molecule has 0 aliphatic heterocycles. The molecule has 1 saturated carbocycles. The molecule has 18 heavy (non-hydrogen) atoms. The Morgan fingerprint density at radius 2 is 1.89 bits per heavy atom. The topological polar surface area (TPSA) is 84.1 Å².